The van der Waals surface area contributed by atoms with Gasteiger partial charge in [-0.2, -0.15) is 9.49 Å². The molecule has 2 N–H and O–H groups in total. The number of H-pyrrole nitrogens is 1. The first kappa shape index (κ1) is 14.6. The first-order valence-electron chi connectivity index (χ1n) is 6.31. The van der Waals surface area contributed by atoms with Crippen LogP contribution in [-0.4, -0.2) is 21.0 Å². The first-order chi connectivity index (χ1) is 10.0. The summed E-state index contributed by atoms with van der Waals surface area (Å²) in [4.78, 5) is 21.7. The molecule has 0 spiro atoms. The van der Waals surface area contributed by atoms with Gasteiger partial charge in [0.25, 0.3) is 5.91 Å². The lowest BCUT2D eigenvalue weighted by Crippen LogP contribution is -2.12. The molecule has 7 nitrogen and oxygen atoms in total. The minimum atomic E-state index is -0.985. The van der Waals surface area contributed by atoms with E-state index in [9.17, 15) is 19.3 Å². The van der Waals surface area contributed by atoms with E-state index >= 15 is 0 Å². The molecule has 8 heteroatoms. The SMILES string of the molecule is CCCc1cc(NC(=O)c2ccc(F)c([N+](=O)[O-])c2)n[nH]1. The standard InChI is InChI=1S/C13H13FN4O3/c1-2-3-9-7-12(17-16-9)15-13(19)8-4-5-10(14)11(6-8)18(20)21/h4-7H,2-3H2,1H3,(H2,15,16,17,19). The second kappa shape index (κ2) is 6.12. The van der Waals surface area contributed by atoms with Crippen molar-refractivity contribution >= 4 is 17.4 Å². The Labute approximate surface area is 119 Å². The van der Waals surface area contributed by atoms with E-state index in [1.165, 1.54) is 6.07 Å². The van der Waals surface area contributed by atoms with Gasteiger partial charge >= 0.3 is 5.69 Å². The number of nitrogens with zero attached hydrogens (tertiary/aromatic N) is 2. The van der Waals surface area contributed by atoms with Gasteiger partial charge in [0.2, 0.25) is 5.82 Å². The summed E-state index contributed by atoms with van der Waals surface area (Å²) in [5, 5.41) is 19.8. The van der Waals surface area contributed by atoms with Crippen LogP contribution in [0.1, 0.15) is 29.4 Å². The van der Waals surface area contributed by atoms with Gasteiger partial charge in [-0.25, -0.2) is 0 Å². The number of halogens is 1. The quantitative estimate of drug-likeness (QED) is 0.653. The number of rotatable bonds is 5. The highest BCUT2D eigenvalue weighted by molar-refractivity contribution is 6.04. The molecule has 0 aliphatic carbocycles. The van der Waals surface area contributed by atoms with Crippen molar-refractivity contribution in [2.75, 3.05) is 5.32 Å². The van der Waals surface area contributed by atoms with Crippen LogP contribution in [0.5, 0.6) is 0 Å². The predicted molar refractivity (Wildman–Crippen MR) is 73.6 cm³/mol. The molecule has 0 bridgehead atoms. The minimum absolute atomic E-state index is 0.0110. The van der Waals surface area contributed by atoms with Crippen LogP contribution in [0.4, 0.5) is 15.9 Å². The normalized spacial score (nSPS) is 10.4. The molecule has 0 radical (unpaired) electrons. The van der Waals surface area contributed by atoms with Crippen molar-refractivity contribution in [3.05, 3.63) is 51.5 Å². The van der Waals surface area contributed by atoms with Gasteiger partial charge in [0.05, 0.1) is 4.92 Å². The molecule has 2 rings (SSSR count). The number of aryl methyl sites for hydroxylation is 1. The Bertz CT molecular complexity index is 684. The Balaban J connectivity index is 2.16. The number of aromatic nitrogens is 2. The summed E-state index contributed by atoms with van der Waals surface area (Å²) in [5.74, 6) is -1.26. The Kier molecular flexibility index (Phi) is 4.27. The van der Waals surface area contributed by atoms with Gasteiger partial charge in [-0.3, -0.25) is 20.0 Å². The maximum atomic E-state index is 13.2. The summed E-state index contributed by atoms with van der Waals surface area (Å²) in [6, 6.07) is 4.64. The largest absolute Gasteiger partial charge is 0.305 e. The minimum Gasteiger partial charge on any atom is -0.305 e. The van der Waals surface area contributed by atoms with Gasteiger partial charge in [0.15, 0.2) is 5.82 Å². The van der Waals surface area contributed by atoms with Crippen LogP contribution in [0.15, 0.2) is 24.3 Å². The van der Waals surface area contributed by atoms with E-state index in [0.29, 0.717) is 5.82 Å². The average molecular weight is 292 g/mol. The maximum absolute atomic E-state index is 13.2. The fourth-order valence-corrected chi connectivity index (χ4v) is 1.81. The molecule has 2 aromatic rings. The van der Waals surface area contributed by atoms with Crippen LogP contribution >= 0.6 is 0 Å². The lowest BCUT2D eigenvalue weighted by molar-refractivity contribution is -0.387. The summed E-state index contributed by atoms with van der Waals surface area (Å²) in [5.41, 5.74) is 0.123. The zero-order valence-electron chi connectivity index (χ0n) is 11.2. The number of anilines is 1. The van der Waals surface area contributed by atoms with Crippen LogP contribution < -0.4 is 5.32 Å². The molecular weight excluding hydrogens is 279 g/mol. The molecule has 0 atom stereocenters. The van der Waals surface area contributed by atoms with Crippen molar-refractivity contribution in [2.45, 2.75) is 19.8 Å². The van der Waals surface area contributed by atoms with Crippen molar-refractivity contribution in [1.29, 1.82) is 0 Å². The summed E-state index contributed by atoms with van der Waals surface area (Å²) < 4.78 is 13.2. The van der Waals surface area contributed by atoms with E-state index < -0.39 is 22.3 Å². The molecule has 0 unspecified atom stereocenters. The Morgan fingerprint density at radius 1 is 1.48 bits per heavy atom. The van der Waals surface area contributed by atoms with E-state index in [1.54, 1.807) is 6.07 Å². The Hall–Kier alpha value is -2.77. The molecule has 1 aromatic heterocycles. The van der Waals surface area contributed by atoms with Gasteiger partial charge < -0.3 is 5.32 Å². The van der Waals surface area contributed by atoms with Crippen molar-refractivity contribution in [3.63, 3.8) is 0 Å². The molecule has 0 fully saturated rings. The van der Waals surface area contributed by atoms with Crippen LogP contribution in [0.3, 0.4) is 0 Å². The number of hydrogen-bond donors (Lipinski definition) is 2. The molecular formula is C13H13FN4O3. The number of nitrogens with one attached hydrogen (secondary N) is 2. The topological polar surface area (TPSA) is 101 Å². The average Bonchev–Trinajstić information content (AvgIpc) is 2.86. The Morgan fingerprint density at radius 3 is 2.90 bits per heavy atom. The fourth-order valence-electron chi connectivity index (χ4n) is 1.81. The lowest BCUT2D eigenvalue weighted by atomic mass is 10.2. The number of benzene rings is 1. The number of aromatic amines is 1. The van der Waals surface area contributed by atoms with Crippen LogP contribution in [0, 0.1) is 15.9 Å². The number of carbonyl (C=O) groups is 1. The molecule has 0 saturated heterocycles. The first-order valence-corrected chi connectivity index (χ1v) is 6.31. The predicted octanol–water partition coefficient (Wildman–Crippen LogP) is 2.66. The summed E-state index contributed by atoms with van der Waals surface area (Å²) in [6.07, 6.45) is 1.73. The van der Waals surface area contributed by atoms with Crippen molar-refractivity contribution < 1.29 is 14.1 Å². The third kappa shape index (κ3) is 3.41. The summed E-state index contributed by atoms with van der Waals surface area (Å²) >= 11 is 0. The highest BCUT2D eigenvalue weighted by Gasteiger charge is 2.18. The fraction of sp³-hybridized carbons (Fsp3) is 0.231. The molecule has 110 valence electrons. The van der Waals surface area contributed by atoms with E-state index in [4.69, 9.17) is 0 Å². The summed E-state index contributed by atoms with van der Waals surface area (Å²) in [6.45, 7) is 2.01. The lowest BCUT2D eigenvalue weighted by Gasteiger charge is -2.02. The zero-order chi connectivity index (χ0) is 15.4. The molecule has 1 aromatic carbocycles. The van der Waals surface area contributed by atoms with E-state index in [0.717, 1.165) is 30.7 Å². The smallest absolute Gasteiger partial charge is 0.305 e. The number of nitro benzene ring substituents is 1. The number of amides is 1. The second-order valence-corrected chi connectivity index (χ2v) is 4.41. The Morgan fingerprint density at radius 2 is 2.24 bits per heavy atom. The van der Waals surface area contributed by atoms with Crippen molar-refractivity contribution in [2.24, 2.45) is 0 Å². The van der Waals surface area contributed by atoms with E-state index in [-0.39, 0.29) is 5.56 Å². The van der Waals surface area contributed by atoms with E-state index in [1.807, 2.05) is 6.92 Å². The highest BCUT2D eigenvalue weighted by atomic mass is 19.1. The monoisotopic (exact) mass is 292 g/mol. The number of carbonyl (C=O) groups excluding carboxylic acids is 1. The van der Waals surface area contributed by atoms with Gasteiger partial charge in [-0.15, -0.1) is 0 Å². The van der Waals surface area contributed by atoms with Gasteiger partial charge in [0.1, 0.15) is 0 Å². The zero-order valence-corrected chi connectivity index (χ0v) is 11.2. The number of hydrogen-bond acceptors (Lipinski definition) is 4. The second-order valence-electron chi connectivity index (χ2n) is 4.41. The van der Waals surface area contributed by atoms with E-state index in [2.05, 4.69) is 15.5 Å². The molecule has 21 heavy (non-hydrogen) atoms. The molecule has 1 amide bonds. The maximum Gasteiger partial charge on any atom is 0.305 e. The number of nitro groups is 1. The highest BCUT2D eigenvalue weighted by Crippen LogP contribution is 2.19. The molecule has 0 aliphatic rings. The third-order valence-electron chi connectivity index (χ3n) is 2.80. The van der Waals surface area contributed by atoms with Crippen molar-refractivity contribution in [1.82, 2.24) is 10.2 Å². The van der Waals surface area contributed by atoms with Gasteiger partial charge in [0, 0.05) is 23.4 Å². The molecule has 1 heterocycles. The third-order valence-corrected chi connectivity index (χ3v) is 2.80. The van der Waals surface area contributed by atoms with Crippen LogP contribution in [0.2, 0.25) is 0 Å². The van der Waals surface area contributed by atoms with Crippen LogP contribution in [-0.2, 0) is 6.42 Å². The van der Waals surface area contributed by atoms with Gasteiger partial charge in [-0.05, 0) is 18.6 Å². The molecule has 0 aliphatic heterocycles. The van der Waals surface area contributed by atoms with Crippen molar-refractivity contribution in [3.8, 4) is 0 Å². The van der Waals surface area contributed by atoms with Gasteiger partial charge in [-0.1, -0.05) is 13.3 Å². The van der Waals surface area contributed by atoms with Crippen LogP contribution in [0.25, 0.3) is 0 Å². The summed E-state index contributed by atoms with van der Waals surface area (Å²) in [7, 11) is 0. The molecule has 0 saturated carbocycles.